The van der Waals surface area contributed by atoms with Crippen LogP contribution in [0.15, 0.2) is 30.3 Å². The van der Waals surface area contributed by atoms with E-state index in [1.807, 2.05) is 37.3 Å². The average Bonchev–Trinajstić information content (AvgIpc) is 3.49. The van der Waals surface area contributed by atoms with Crippen molar-refractivity contribution in [3.8, 4) is 0 Å². The normalized spacial score (nSPS) is 30.5. The average molecular weight is 500 g/mol. The van der Waals surface area contributed by atoms with Crippen LogP contribution in [0.4, 0.5) is 0 Å². The van der Waals surface area contributed by atoms with Crippen LogP contribution in [0, 0.1) is 11.8 Å². The number of amides is 3. The van der Waals surface area contributed by atoms with Crippen molar-refractivity contribution in [3.05, 3.63) is 35.9 Å². The number of aliphatic hydroxyl groups is 1. The number of benzene rings is 1. The molecule has 0 saturated carbocycles. The Morgan fingerprint density at radius 3 is 2.53 bits per heavy atom. The van der Waals surface area contributed by atoms with Crippen LogP contribution in [0.2, 0.25) is 0 Å². The van der Waals surface area contributed by atoms with E-state index in [4.69, 9.17) is 4.74 Å². The Bertz CT molecular complexity index is 940. The van der Waals surface area contributed by atoms with Crippen molar-refractivity contribution < 1.29 is 24.2 Å². The molecular formula is C28H41N3O5. The van der Waals surface area contributed by atoms with Gasteiger partial charge < -0.3 is 25.4 Å². The first kappa shape index (κ1) is 26.6. The Kier molecular flexibility index (Phi) is 8.35. The second-order valence-corrected chi connectivity index (χ2v) is 10.5. The lowest BCUT2D eigenvalue weighted by atomic mass is 9.65. The number of hydrogen-bond acceptors (Lipinski definition) is 5. The highest BCUT2D eigenvalue weighted by atomic mass is 16.5. The fraction of sp³-hybridized carbons (Fsp3) is 0.679. The Morgan fingerprint density at radius 2 is 1.83 bits per heavy atom. The van der Waals surface area contributed by atoms with Gasteiger partial charge in [0.1, 0.15) is 11.6 Å². The molecule has 0 aliphatic carbocycles. The lowest BCUT2D eigenvalue weighted by Crippen LogP contribution is -2.55. The van der Waals surface area contributed by atoms with Crippen LogP contribution in [0.25, 0.3) is 0 Å². The summed E-state index contributed by atoms with van der Waals surface area (Å²) in [7, 11) is 0. The van der Waals surface area contributed by atoms with Gasteiger partial charge in [0.2, 0.25) is 17.7 Å². The van der Waals surface area contributed by atoms with Gasteiger partial charge in [0.05, 0.1) is 17.4 Å². The smallest absolute Gasteiger partial charge is 0.245 e. The second kappa shape index (κ2) is 11.3. The Labute approximate surface area is 214 Å². The number of aliphatic hydroxyl groups excluding tert-OH is 1. The molecule has 2 unspecified atom stereocenters. The van der Waals surface area contributed by atoms with Gasteiger partial charge in [-0.1, -0.05) is 57.0 Å². The summed E-state index contributed by atoms with van der Waals surface area (Å²) < 4.78 is 6.74. The zero-order valence-corrected chi connectivity index (χ0v) is 21.6. The predicted octanol–water partition coefficient (Wildman–Crippen LogP) is 2.54. The SMILES string of the molecule is CCCCCNC(=O)C1N(CCCCO)C(=O)[C@@H]2[C@@H](C(=O)NCc3ccccc3)[C@@]3(CC)CCC12O3. The number of nitrogens with zero attached hydrogens (tertiary/aromatic N) is 1. The van der Waals surface area contributed by atoms with Crippen molar-refractivity contribution in [3.63, 3.8) is 0 Å². The van der Waals surface area contributed by atoms with Crippen molar-refractivity contribution in [2.24, 2.45) is 11.8 Å². The molecule has 36 heavy (non-hydrogen) atoms. The van der Waals surface area contributed by atoms with Gasteiger partial charge in [-0.25, -0.2) is 0 Å². The first-order valence-electron chi connectivity index (χ1n) is 13.6. The molecule has 3 fully saturated rings. The minimum absolute atomic E-state index is 0.0322. The van der Waals surface area contributed by atoms with E-state index in [0.29, 0.717) is 51.7 Å². The first-order valence-corrected chi connectivity index (χ1v) is 13.6. The third-order valence-electron chi connectivity index (χ3n) is 8.41. The summed E-state index contributed by atoms with van der Waals surface area (Å²) in [6, 6.07) is 8.95. The number of likely N-dealkylation sites (tertiary alicyclic amines) is 1. The largest absolute Gasteiger partial charge is 0.396 e. The van der Waals surface area contributed by atoms with Crippen LogP contribution in [-0.2, 0) is 25.7 Å². The molecule has 8 heteroatoms. The summed E-state index contributed by atoms with van der Waals surface area (Å²) in [5.74, 6) is -1.85. The number of fused-ring (bicyclic) bond motifs is 1. The number of carbonyl (C=O) groups is 3. The van der Waals surface area contributed by atoms with Gasteiger partial charge in [0.15, 0.2) is 0 Å². The fourth-order valence-electron chi connectivity index (χ4n) is 6.63. The molecule has 3 N–H and O–H groups in total. The van der Waals surface area contributed by atoms with Crippen molar-refractivity contribution in [1.29, 1.82) is 0 Å². The number of carbonyl (C=O) groups excluding carboxylic acids is 3. The van der Waals surface area contributed by atoms with Gasteiger partial charge in [-0.3, -0.25) is 14.4 Å². The third-order valence-corrected chi connectivity index (χ3v) is 8.41. The van der Waals surface area contributed by atoms with E-state index in [1.54, 1.807) is 4.90 Å². The quantitative estimate of drug-likeness (QED) is 0.362. The number of ether oxygens (including phenoxy) is 1. The molecule has 3 heterocycles. The van der Waals surface area contributed by atoms with E-state index in [-0.39, 0.29) is 24.3 Å². The zero-order valence-electron chi connectivity index (χ0n) is 21.6. The van der Waals surface area contributed by atoms with Crippen LogP contribution in [0.3, 0.4) is 0 Å². The molecule has 3 aliphatic rings. The van der Waals surface area contributed by atoms with Crippen molar-refractivity contribution in [2.45, 2.75) is 89.0 Å². The third kappa shape index (κ3) is 4.65. The van der Waals surface area contributed by atoms with E-state index in [2.05, 4.69) is 17.6 Å². The fourth-order valence-corrected chi connectivity index (χ4v) is 6.63. The summed E-state index contributed by atoms with van der Waals surface area (Å²) in [5.41, 5.74) is -0.738. The van der Waals surface area contributed by atoms with Crippen LogP contribution in [-0.4, -0.2) is 64.7 Å². The van der Waals surface area contributed by atoms with E-state index < -0.39 is 29.1 Å². The van der Waals surface area contributed by atoms with Crippen LogP contribution < -0.4 is 10.6 Å². The molecule has 1 spiro atoms. The van der Waals surface area contributed by atoms with E-state index in [9.17, 15) is 19.5 Å². The zero-order chi connectivity index (χ0) is 25.8. The van der Waals surface area contributed by atoms with Gasteiger partial charge in [0, 0.05) is 26.2 Å². The maximum absolute atomic E-state index is 13.9. The standard InChI is InChI=1S/C28H41N3O5/c1-3-5-9-16-29-25(34)23-28-15-14-27(4-2,36-28)21(22(28)26(35)31(23)17-10-11-18-32)24(33)30-19-20-12-7-6-8-13-20/h6-8,12-13,21-23,32H,3-5,9-11,14-19H2,1-2H3,(H,29,34)(H,30,33)/t21-,22-,23?,27+,28?/m0/s1. The van der Waals surface area contributed by atoms with Gasteiger partial charge in [-0.15, -0.1) is 0 Å². The minimum atomic E-state index is -0.990. The molecule has 1 aromatic rings. The summed E-state index contributed by atoms with van der Waals surface area (Å²) in [5, 5.41) is 15.4. The van der Waals surface area contributed by atoms with E-state index >= 15 is 0 Å². The van der Waals surface area contributed by atoms with Crippen LogP contribution in [0.1, 0.15) is 70.8 Å². The highest BCUT2D eigenvalue weighted by Gasteiger charge is 2.78. The topological polar surface area (TPSA) is 108 Å². The molecule has 5 atom stereocenters. The molecule has 3 aliphatic heterocycles. The van der Waals surface area contributed by atoms with Crippen molar-refractivity contribution in [2.75, 3.05) is 19.7 Å². The molecule has 198 valence electrons. The van der Waals surface area contributed by atoms with Gasteiger partial charge in [-0.05, 0) is 44.1 Å². The van der Waals surface area contributed by atoms with Gasteiger partial charge in [-0.2, -0.15) is 0 Å². The molecule has 2 bridgehead atoms. The second-order valence-electron chi connectivity index (χ2n) is 10.5. The van der Waals surface area contributed by atoms with Crippen LogP contribution in [0.5, 0.6) is 0 Å². The molecular weight excluding hydrogens is 458 g/mol. The molecule has 3 amide bonds. The Balaban J connectivity index is 1.60. The highest BCUT2D eigenvalue weighted by molar-refractivity contribution is 5.99. The summed E-state index contributed by atoms with van der Waals surface area (Å²) >= 11 is 0. The minimum Gasteiger partial charge on any atom is -0.396 e. The molecule has 1 aromatic carbocycles. The first-order chi connectivity index (χ1) is 17.4. The summed E-state index contributed by atoms with van der Waals surface area (Å²) in [4.78, 5) is 42.8. The molecule has 0 radical (unpaired) electrons. The highest BCUT2D eigenvalue weighted by Crippen LogP contribution is 2.64. The lowest BCUT2D eigenvalue weighted by molar-refractivity contribution is -0.147. The van der Waals surface area contributed by atoms with Gasteiger partial charge >= 0.3 is 0 Å². The van der Waals surface area contributed by atoms with Crippen molar-refractivity contribution in [1.82, 2.24) is 15.5 Å². The maximum atomic E-state index is 13.9. The Morgan fingerprint density at radius 1 is 1.06 bits per heavy atom. The number of rotatable bonds is 13. The number of nitrogens with one attached hydrogen (secondary N) is 2. The molecule has 4 rings (SSSR count). The maximum Gasteiger partial charge on any atom is 0.245 e. The number of hydrogen-bond donors (Lipinski definition) is 3. The molecule has 8 nitrogen and oxygen atoms in total. The monoisotopic (exact) mass is 499 g/mol. The summed E-state index contributed by atoms with van der Waals surface area (Å²) in [6.07, 6.45) is 5.95. The molecule has 3 saturated heterocycles. The van der Waals surface area contributed by atoms with Crippen LogP contribution >= 0.6 is 0 Å². The molecule has 0 aromatic heterocycles. The number of unbranched alkanes of at least 4 members (excludes halogenated alkanes) is 3. The van der Waals surface area contributed by atoms with E-state index in [0.717, 1.165) is 24.8 Å². The predicted molar refractivity (Wildman–Crippen MR) is 136 cm³/mol. The summed E-state index contributed by atoms with van der Waals surface area (Å²) in [6.45, 7) is 5.45. The van der Waals surface area contributed by atoms with E-state index in [1.165, 1.54) is 0 Å². The van der Waals surface area contributed by atoms with Crippen molar-refractivity contribution >= 4 is 17.7 Å². The lowest BCUT2D eigenvalue weighted by Gasteiger charge is -2.34. The Hall–Kier alpha value is -2.45. The van der Waals surface area contributed by atoms with Gasteiger partial charge in [0.25, 0.3) is 0 Å².